The van der Waals surface area contributed by atoms with Crippen LogP contribution < -0.4 is 0 Å². The molecule has 0 aliphatic carbocycles. The van der Waals surface area contributed by atoms with Crippen molar-refractivity contribution in [1.82, 2.24) is 4.31 Å². The first kappa shape index (κ1) is 20.2. The fraction of sp³-hybridized carbons (Fsp3) is 0.300. The molecule has 8 heteroatoms. The summed E-state index contributed by atoms with van der Waals surface area (Å²) in [5.41, 5.74) is 1.67. The van der Waals surface area contributed by atoms with Crippen LogP contribution in [-0.4, -0.2) is 57.4 Å². The van der Waals surface area contributed by atoms with Crippen LogP contribution in [0.25, 0.3) is 0 Å². The first-order valence-electron chi connectivity index (χ1n) is 8.83. The number of Topliss-reactive ketones (excluding diaryl/α,β-unsaturated/α-hetero) is 1. The molecule has 0 unspecified atom stereocenters. The lowest BCUT2D eigenvalue weighted by molar-refractivity contribution is 0.0474. The third kappa shape index (κ3) is 4.64. The van der Waals surface area contributed by atoms with Gasteiger partial charge in [0.15, 0.2) is 12.4 Å². The van der Waals surface area contributed by atoms with Crippen molar-refractivity contribution < 1.29 is 27.5 Å². The Morgan fingerprint density at radius 1 is 0.964 bits per heavy atom. The molecule has 1 fully saturated rings. The van der Waals surface area contributed by atoms with Gasteiger partial charge in [0, 0.05) is 18.7 Å². The van der Waals surface area contributed by atoms with Gasteiger partial charge in [0.05, 0.1) is 23.7 Å². The Kier molecular flexibility index (Phi) is 6.23. The third-order valence-electron chi connectivity index (χ3n) is 4.41. The molecule has 0 saturated carbocycles. The molecule has 0 radical (unpaired) electrons. The largest absolute Gasteiger partial charge is 0.454 e. The maximum atomic E-state index is 12.6. The molecule has 0 aromatic heterocycles. The van der Waals surface area contributed by atoms with Gasteiger partial charge in [-0.25, -0.2) is 13.2 Å². The molecule has 1 heterocycles. The zero-order valence-electron chi connectivity index (χ0n) is 15.5. The average molecular weight is 403 g/mol. The molecule has 7 nitrogen and oxygen atoms in total. The van der Waals surface area contributed by atoms with Crippen molar-refractivity contribution in [3.8, 4) is 0 Å². The number of rotatable bonds is 6. The van der Waals surface area contributed by atoms with E-state index in [0.29, 0.717) is 31.9 Å². The van der Waals surface area contributed by atoms with Gasteiger partial charge in [-0.2, -0.15) is 4.31 Å². The highest BCUT2D eigenvalue weighted by Crippen LogP contribution is 2.18. The number of benzene rings is 2. The second kappa shape index (κ2) is 8.64. The lowest BCUT2D eigenvalue weighted by atomic mass is 10.1. The number of carbonyl (C=O) groups is 2. The molecule has 28 heavy (non-hydrogen) atoms. The van der Waals surface area contributed by atoms with Crippen LogP contribution in [0, 0.1) is 6.92 Å². The molecule has 1 aliphatic heterocycles. The smallest absolute Gasteiger partial charge is 0.338 e. The van der Waals surface area contributed by atoms with E-state index in [0.717, 1.165) is 5.56 Å². The van der Waals surface area contributed by atoms with Gasteiger partial charge in [-0.3, -0.25) is 4.79 Å². The minimum Gasteiger partial charge on any atom is -0.454 e. The molecule has 0 spiro atoms. The summed E-state index contributed by atoms with van der Waals surface area (Å²) in [4.78, 5) is 24.3. The van der Waals surface area contributed by atoms with Gasteiger partial charge >= 0.3 is 5.97 Å². The van der Waals surface area contributed by atoms with Gasteiger partial charge < -0.3 is 9.47 Å². The number of sulfonamides is 1. The van der Waals surface area contributed by atoms with Crippen molar-refractivity contribution in [2.24, 2.45) is 0 Å². The monoisotopic (exact) mass is 403 g/mol. The van der Waals surface area contributed by atoms with E-state index in [-0.39, 0.29) is 22.8 Å². The normalized spacial score (nSPS) is 15.2. The van der Waals surface area contributed by atoms with E-state index in [4.69, 9.17) is 9.47 Å². The molecule has 0 N–H and O–H groups in total. The number of ether oxygens (including phenoxy) is 2. The molecule has 1 aliphatic rings. The Bertz CT molecular complexity index is 945. The standard InChI is InChI=1S/C20H21NO6S/c1-15-2-4-16(5-3-15)19(22)14-27-20(23)17-6-8-18(9-7-17)28(24,25)21-10-12-26-13-11-21/h2-9H,10-14H2,1H3. The molecular weight excluding hydrogens is 382 g/mol. The van der Waals surface area contributed by atoms with E-state index in [2.05, 4.69) is 0 Å². The molecule has 2 aromatic rings. The van der Waals surface area contributed by atoms with E-state index in [9.17, 15) is 18.0 Å². The molecular formula is C20H21NO6S. The zero-order chi connectivity index (χ0) is 20.1. The van der Waals surface area contributed by atoms with Gasteiger partial charge in [0.1, 0.15) is 0 Å². The van der Waals surface area contributed by atoms with Crippen LogP contribution >= 0.6 is 0 Å². The van der Waals surface area contributed by atoms with Crippen molar-refractivity contribution in [3.63, 3.8) is 0 Å². The highest BCUT2D eigenvalue weighted by atomic mass is 32.2. The minimum absolute atomic E-state index is 0.0988. The number of morpholine rings is 1. The van der Waals surface area contributed by atoms with Gasteiger partial charge in [0.2, 0.25) is 10.0 Å². The molecule has 0 atom stereocenters. The summed E-state index contributed by atoms with van der Waals surface area (Å²) in [5.74, 6) is -0.990. The Labute approximate surface area is 163 Å². The molecule has 3 rings (SSSR count). The number of hydrogen-bond donors (Lipinski definition) is 0. The molecule has 148 valence electrons. The quantitative estimate of drug-likeness (QED) is 0.542. The fourth-order valence-electron chi connectivity index (χ4n) is 2.74. The summed E-state index contributed by atoms with van der Waals surface area (Å²) >= 11 is 0. The van der Waals surface area contributed by atoms with Crippen molar-refractivity contribution in [3.05, 3.63) is 65.2 Å². The highest BCUT2D eigenvalue weighted by molar-refractivity contribution is 7.89. The molecule has 0 bridgehead atoms. The van der Waals surface area contributed by atoms with Crippen LogP contribution in [0.5, 0.6) is 0 Å². The van der Waals surface area contributed by atoms with Gasteiger partial charge in [0.25, 0.3) is 0 Å². The second-order valence-corrected chi connectivity index (χ2v) is 8.34. The van der Waals surface area contributed by atoms with Crippen LogP contribution in [0.3, 0.4) is 0 Å². The lowest BCUT2D eigenvalue weighted by Crippen LogP contribution is -2.40. The summed E-state index contributed by atoms with van der Waals surface area (Å²) in [6.07, 6.45) is 0. The Morgan fingerprint density at radius 2 is 1.54 bits per heavy atom. The summed E-state index contributed by atoms with van der Waals surface area (Å²) in [5, 5.41) is 0. The third-order valence-corrected chi connectivity index (χ3v) is 6.32. The summed E-state index contributed by atoms with van der Waals surface area (Å²) < 4.78 is 36.7. The molecule has 0 amide bonds. The molecule has 2 aromatic carbocycles. The first-order valence-corrected chi connectivity index (χ1v) is 10.3. The summed E-state index contributed by atoms with van der Waals surface area (Å²) in [6, 6.07) is 12.5. The number of nitrogens with zero attached hydrogens (tertiary/aromatic N) is 1. The van der Waals surface area contributed by atoms with E-state index < -0.39 is 16.0 Å². The predicted molar refractivity (Wildman–Crippen MR) is 102 cm³/mol. The van der Waals surface area contributed by atoms with Crippen molar-refractivity contribution >= 4 is 21.8 Å². The van der Waals surface area contributed by atoms with Crippen LogP contribution in [0.4, 0.5) is 0 Å². The highest BCUT2D eigenvalue weighted by Gasteiger charge is 2.26. The number of carbonyl (C=O) groups excluding carboxylic acids is 2. The zero-order valence-corrected chi connectivity index (χ0v) is 16.3. The fourth-order valence-corrected chi connectivity index (χ4v) is 4.14. The first-order chi connectivity index (χ1) is 13.4. The average Bonchev–Trinajstić information content (AvgIpc) is 2.73. The number of ketones is 1. The Hall–Kier alpha value is -2.55. The lowest BCUT2D eigenvalue weighted by Gasteiger charge is -2.26. The number of aryl methyl sites for hydroxylation is 1. The summed E-state index contributed by atoms with van der Waals surface area (Å²) in [6.45, 7) is 2.85. The maximum Gasteiger partial charge on any atom is 0.338 e. The Morgan fingerprint density at radius 3 is 2.14 bits per heavy atom. The van der Waals surface area contributed by atoms with Crippen molar-refractivity contribution in [2.45, 2.75) is 11.8 Å². The predicted octanol–water partition coefficient (Wildman–Crippen LogP) is 2.06. The number of esters is 1. The van der Waals surface area contributed by atoms with Gasteiger partial charge in [-0.15, -0.1) is 0 Å². The van der Waals surface area contributed by atoms with Crippen molar-refractivity contribution in [2.75, 3.05) is 32.9 Å². The second-order valence-electron chi connectivity index (χ2n) is 6.41. The topological polar surface area (TPSA) is 90.0 Å². The van der Waals surface area contributed by atoms with Crippen LogP contribution in [-0.2, 0) is 19.5 Å². The van der Waals surface area contributed by atoms with E-state index in [1.807, 2.05) is 19.1 Å². The van der Waals surface area contributed by atoms with E-state index in [1.54, 1.807) is 12.1 Å². The van der Waals surface area contributed by atoms with Crippen molar-refractivity contribution in [1.29, 1.82) is 0 Å². The minimum atomic E-state index is -3.62. The maximum absolute atomic E-state index is 12.6. The van der Waals surface area contributed by atoms with Gasteiger partial charge in [-0.1, -0.05) is 29.8 Å². The Balaban J connectivity index is 1.62. The van der Waals surface area contributed by atoms with Gasteiger partial charge in [-0.05, 0) is 31.2 Å². The number of hydrogen-bond acceptors (Lipinski definition) is 6. The molecule has 1 saturated heterocycles. The van der Waals surface area contributed by atoms with Crippen LogP contribution in [0.15, 0.2) is 53.4 Å². The van der Waals surface area contributed by atoms with E-state index in [1.165, 1.54) is 28.6 Å². The van der Waals surface area contributed by atoms with E-state index >= 15 is 0 Å². The van der Waals surface area contributed by atoms with Crippen LogP contribution in [0.2, 0.25) is 0 Å². The van der Waals surface area contributed by atoms with Crippen LogP contribution in [0.1, 0.15) is 26.3 Å². The SMILES string of the molecule is Cc1ccc(C(=O)COC(=O)c2ccc(S(=O)(=O)N3CCOCC3)cc2)cc1. The summed E-state index contributed by atoms with van der Waals surface area (Å²) in [7, 11) is -3.62.